The first-order valence-electron chi connectivity index (χ1n) is 4.78. The zero-order valence-corrected chi connectivity index (χ0v) is 8.59. The van der Waals surface area contributed by atoms with Crippen LogP contribution in [-0.4, -0.2) is 7.11 Å². The minimum atomic E-state index is -0.271. The largest absolute Gasteiger partial charge is 0.496 e. The summed E-state index contributed by atoms with van der Waals surface area (Å²) >= 11 is 0. The summed E-state index contributed by atoms with van der Waals surface area (Å²) in [5.41, 5.74) is 6.65. The molecule has 0 spiro atoms. The van der Waals surface area contributed by atoms with E-state index in [4.69, 9.17) is 10.5 Å². The molecule has 0 heterocycles. The normalized spacial score (nSPS) is 12.6. The maximum Gasteiger partial charge on any atom is 0.123 e. The molecule has 0 saturated heterocycles. The molecule has 3 heteroatoms. The third-order valence-electron chi connectivity index (χ3n) is 2.19. The fourth-order valence-electron chi connectivity index (χ4n) is 1.46. The van der Waals surface area contributed by atoms with Crippen LogP contribution in [0.25, 0.3) is 0 Å². The molecule has 14 heavy (non-hydrogen) atoms. The van der Waals surface area contributed by atoms with Gasteiger partial charge in [-0.25, -0.2) is 4.39 Å². The third kappa shape index (κ3) is 2.45. The predicted molar refractivity (Wildman–Crippen MR) is 54.8 cm³/mol. The summed E-state index contributed by atoms with van der Waals surface area (Å²) in [5.74, 6) is 0.389. The van der Waals surface area contributed by atoms with Crippen molar-refractivity contribution >= 4 is 0 Å². The van der Waals surface area contributed by atoms with Crippen LogP contribution in [0.3, 0.4) is 0 Å². The lowest BCUT2D eigenvalue weighted by Crippen LogP contribution is -2.11. The minimum absolute atomic E-state index is 0.148. The summed E-state index contributed by atoms with van der Waals surface area (Å²) in [6, 6.07) is 4.28. The molecule has 0 aliphatic rings. The van der Waals surface area contributed by atoms with Gasteiger partial charge in [-0.05, 0) is 24.6 Å². The van der Waals surface area contributed by atoms with E-state index in [1.807, 2.05) is 6.92 Å². The van der Waals surface area contributed by atoms with E-state index in [0.717, 1.165) is 18.4 Å². The standard InChI is InChI=1S/C11H16FNO/c1-3-4-10(13)9-7-8(12)5-6-11(9)14-2/h5-7,10H,3-4,13H2,1-2H3. The van der Waals surface area contributed by atoms with Gasteiger partial charge in [-0.2, -0.15) is 0 Å². The van der Waals surface area contributed by atoms with E-state index in [1.54, 1.807) is 13.2 Å². The van der Waals surface area contributed by atoms with Gasteiger partial charge in [0.1, 0.15) is 11.6 Å². The van der Waals surface area contributed by atoms with Gasteiger partial charge in [-0.3, -0.25) is 0 Å². The van der Waals surface area contributed by atoms with Crippen LogP contribution in [0, 0.1) is 5.82 Å². The van der Waals surface area contributed by atoms with Gasteiger partial charge in [0.05, 0.1) is 7.11 Å². The summed E-state index contributed by atoms with van der Waals surface area (Å²) in [5, 5.41) is 0. The second-order valence-corrected chi connectivity index (χ2v) is 3.28. The average Bonchev–Trinajstić information content (AvgIpc) is 2.18. The van der Waals surface area contributed by atoms with Crippen LogP contribution in [0.15, 0.2) is 18.2 Å². The molecule has 0 fully saturated rings. The van der Waals surface area contributed by atoms with Crippen molar-refractivity contribution in [2.45, 2.75) is 25.8 Å². The van der Waals surface area contributed by atoms with Crippen LogP contribution >= 0.6 is 0 Å². The van der Waals surface area contributed by atoms with Crippen LogP contribution in [0.2, 0.25) is 0 Å². The Hall–Kier alpha value is -1.09. The van der Waals surface area contributed by atoms with E-state index in [0.29, 0.717) is 5.75 Å². The van der Waals surface area contributed by atoms with Crippen molar-refractivity contribution in [1.82, 2.24) is 0 Å². The second kappa shape index (κ2) is 4.96. The number of ether oxygens (including phenoxy) is 1. The second-order valence-electron chi connectivity index (χ2n) is 3.28. The lowest BCUT2D eigenvalue weighted by Gasteiger charge is -2.14. The molecule has 0 aromatic heterocycles. The molecule has 0 aliphatic heterocycles. The third-order valence-corrected chi connectivity index (χ3v) is 2.19. The highest BCUT2D eigenvalue weighted by molar-refractivity contribution is 5.36. The van der Waals surface area contributed by atoms with E-state index in [9.17, 15) is 4.39 Å². The highest BCUT2D eigenvalue weighted by Crippen LogP contribution is 2.26. The molecule has 1 aromatic rings. The molecule has 0 bridgehead atoms. The predicted octanol–water partition coefficient (Wildman–Crippen LogP) is 2.63. The monoisotopic (exact) mass is 197 g/mol. The van der Waals surface area contributed by atoms with Gasteiger partial charge in [-0.1, -0.05) is 13.3 Å². The van der Waals surface area contributed by atoms with Gasteiger partial charge in [0.15, 0.2) is 0 Å². The number of nitrogens with two attached hydrogens (primary N) is 1. The highest BCUT2D eigenvalue weighted by atomic mass is 19.1. The zero-order chi connectivity index (χ0) is 10.6. The highest BCUT2D eigenvalue weighted by Gasteiger charge is 2.11. The van der Waals surface area contributed by atoms with E-state index >= 15 is 0 Å². The Labute approximate surface area is 83.9 Å². The van der Waals surface area contributed by atoms with Crippen molar-refractivity contribution in [2.24, 2.45) is 5.73 Å². The van der Waals surface area contributed by atoms with Crippen molar-refractivity contribution in [2.75, 3.05) is 7.11 Å². The van der Waals surface area contributed by atoms with Crippen LogP contribution in [-0.2, 0) is 0 Å². The fourth-order valence-corrected chi connectivity index (χ4v) is 1.46. The van der Waals surface area contributed by atoms with Gasteiger partial charge >= 0.3 is 0 Å². The van der Waals surface area contributed by atoms with Gasteiger partial charge < -0.3 is 10.5 Å². The van der Waals surface area contributed by atoms with E-state index in [1.165, 1.54) is 12.1 Å². The molecule has 78 valence electrons. The maximum absolute atomic E-state index is 13.0. The molecule has 0 amide bonds. The maximum atomic E-state index is 13.0. The topological polar surface area (TPSA) is 35.2 Å². The summed E-state index contributed by atoms with van der Waals surface area (Å²) in [6.45, 7) is 2.05. The molecule has 1 rings (SSSR count). The van der Waals surface area contributed by atoms with E-state index < -0.39 is 0 Å². The molecule has 1 unspecified atom stereocenters. The Kier molecular flexibility index (Phi) is 3.89. The molecule has 0 saturated carbocycles. The molecule has 1 aromatic carbocycles. The number of halogens is 1. The molecule has 0 radical (unpaired) electrons. The first-order valence-corrected chi connectivity index (χ1v) is 4.78. The number of hydrogen-bond donors (Lipinski definition) is 1. The van der Waals surface area contributed by atoms with Crippen molar-refractivity contribution in [1.29, 1.82) is 0 Å². The van der Waals surface area contributed by atoms with Gasteiger partial charge in [0.25, 0.3) is 0 Å². The number of benzene rings is 1. The van der Waals surface area contributed by atoms with Gasteiger partial charge in [0, 0.05) is 11.6 Å². The summed E-state index contributed by atoms with van der Waals surface area (Å²) in [7, 11) is 1.56. The Balaban J connectivity index is 2.97. The lowest BCUT2D eigenvalue weighted by atomic mass is 10.0. The van der Waals surface area contributed by atoms with Crippen molar-refractivity contribution in [3.05, 3.63) is 29.6 Å². The van der Waals surface area contributed by atoms with Crippen molar-refractivity contribution < 1.29 is 9.13 Å². The first kappa shape index (κ1) is 11.0. The smallest absolute Gasteiger partial charge is 0.123 e. The average molecular weight is 197 g/mol. The zero-order valence-electron chi connectivity index (χ0n) is 8.59. The van der Waals surface area contributed by atoms with Gasteiger partial charge in [-0.15, -0.1) is 0 Å². The molecule has 0 aliphatic carbocycles. The quantitative estimate of drug-likeness (QED) is 0.805. The Bertz CT molecular complexity index is 301. The SMILES string of the molecule is CCCC(N)c1cc(F)ccc1OC. The van der Waals surface area contributed by atoms with Crippen LogP contribution in [0.1, 0.15) is 31.4 Å². The minimum Gasteiger partial charge on any atom is -0.496 e. The molecule has 1 atom stereocenters. The van der Waals surface area contributed by atoms with Crippen LogP contribution < -0.4 is 10.5 Å². The van der Waals surface area contributed by atoms with E-state index in [2.05, 4.69) is 0 Å². The van der Waals surface area contributed by atoms with Crippen molar-refractivity contribution in [3.63, 3.8) is 0 Å². The summed E-state index contributed by atoms with van der Waals surface area (Å²) in [6.07, 6.45) is 1.81. The van der Waals surface area contributed by atoms with Crippen LogP contribution in [0.4, 0.5) is 4.39 Å². The molecule has 2 nitrogen and oxygen atoms in total. The molecular formula is C11H16FNO. The summed E-state index contributed by atoms with van der Waals surface area (Å²) in [4.78, 5) is 0. The number of methoxy groups -OCH3 is 1. The first-order chi connectivity index (χ1) is 6.69. The van der Waals surface area contributed by atoms with Gasteiger partial charge in [0.2, 0.25) is 0 Å². The van der Waals surface area contributed by atoms with E-state index in [-0.39, 0.29) is 11.9 Å². The molecule has 2 N–H and O–H groups in total. The lowest BCUT2D eigenvalue weighted by molar-refractivity contribution is 0.402. The summed E-state index contributed by atoms with van der Waals surface area (Å²) < 4.78 is 18.1. The number of rotatable bonds is 4. The Morgan fingerprint density at radius 2 is 2.21 bits per heavy atom. The Morgan fingerprint density at radius 3 is 2.79 bits per heavy atom. The van der Waals surface area contributed by atoms with Crippen molar-refractivity contribution in [3.8, 4) is 5.75 Å². The fraction of sp³-hybridized carbons (Fsp3) is 0.455. The Morgan fingerprint density at radius 1 is 1.50 bits per heavy atom. The van der Waals surface area contributed by atoms with Crippen LogP contribution in [0.5, 0.6) is 5.75 Å². The number of hydrogen-bond acceptors (Lipinski definition) is 2. The molecular weight excluding hydrogens is 181 g/mol.